The van der Waals surface area contributed by atoms with E-state index in [2.05, 4.69) is 34.8 Å². The zero-order valence-corrected chi connectivity index (χ0v) is 24.3. The molecule has 0 aliphatic carbocycles. The summed E-state index contributed by atoms with van der Waals surface area (Å²) >= 11 is 4.88. The van der Waals surface area contributed by atoms with Crippen LogP contribution in [0.25, 0.3) is 6.08 Å². The maximum Gasteiger partial charge on any atom is 0.338 e. The number of nitrogens with zero attached hydrogens (tertiary/aromatic N) is 2. The average molecular weight is 584 g/mol. The summed E-state index contributed by atoms with van der Waals surface area (Å²) in [6.45, 7) is 12.0. The topological polar surface area (TPSA) is 69.9 Å². The monoisotopic (exact) mass is 582 g/mol. The summed E-state index contributed by atoms with van der Waals surface area (Å²) < 4.78 is 14.1. The molecule has 3 aromatic rings. The van der Waals surface area contributed by atoms with Crippen molar-refractivity contribution >= 4 is 39.3 Å². The summed E-state index contributed by atoms with van der Waals surface area (Å²) in [6.07, 6.45) is 1.90. The lowest BCUT2D eigenvalue weighted by atomic mass is 9.93. The van der Waals surface area contributed by atoms with Gasteiger partial charge >= 0.3 is 5.97 Å². The number of allylic oxidation sites excluding steroid dienone is 1. The highest BCUT2D eigenvalue weighted by Crippen LogP contribution is 2.32. The highest BCUT2D eigenvalue weighted by Gasteiger charge is 2.33. The Balaban J connectivity index is 1.87. The van der Waals surface area contributed by atoms with E-state index in [0.29, 0.717) is 26.5 Å². The highest BCUT2D eigenvalue weighted by molar-refractivity contribution is 9.10. The molecule has 1 atom stereocenters. The van der Waals surface area contributed by atoms with E-state index < -0.39 is 12.0 Å². The van der Waals surface area contributed by atoms with E-state index >= 15 is 0 Å². The number of hydrogen-bond donors (Lipinski definition) is 0. The number of hydrogen-bond acceptors (Lipinski definition) is 6. The van der Waals surface area contributed by atoms with E-state index in [4.69, 9.17) is 9.47 Å². The molecule has 0 spiro atoms. The number of ether oxygens (including phenoxy) is 2. The van der Waals surface area contributed by atoms with Crippen molar-refractivity contribution in [2.75, 3.05) is 6.61 Å². The maximum absolute atomic E-state index is 13.8. The Morgan fingerprint density at radius 1 is 1.16 bits per heavy atom. The lowest BCUT2D eigenvalue weighted by Crippen LogP contribution is -2.39. The zero-order valence-electron chi connectivity index (χ0n) is 21.9. The highest BCUT2D eigenvalue weighted by atomic mass is 79.9. The van der Waals surface area contributed by atoms with E-state index in [1.54, 1.807) is 18.4 Å². The summed E-state index contributed by atoms with van der Waals surface area (Å²) in [5.74, 6) is 0.656. The molecule has 8 heteroatoms. The predicted octanol–water partition coefficient (Wildman–Crippen LogP) is 5.47. The van der Waals surface area contributed by atoms with Gasteiger partial charge in [0.2, 0.25) is 0 Å². The number of esters is 1. The van der Waals surface area contributed by atoms with Gasteiger partial charge in [-0.3, -0.25) is 9.36 Å². The summed E-state index contributed by atoms with van der Waals surface area (Å²) in [5.41, 5.74) is 3.62. The second-order valence-corrected chi connectivity index (χ2v) is 11.3. The molecule has 0 saturated heterocycles. The smallest absolute Gasteiger partial charge is 0.338 e. The SMILES string of the molecule is CCOC(=O)C1=C(C)N=c2sc(=Cc3ccc(OC(C)C)c(Br)c3)c(=O)n2C1c1ccc(C(C)C)cc1. The second kappa shape index (κ2) is 11.2. The van der Waals surface area contributed by atoms with E-state index in [1.807, 2.05) is 62.4 Å². The molecule has 0 amide bonds. The first-order valence-electron chi connectivity index (χ1n) is 12.4. The lowest BCUT2D eigenvalue weighted by molar-refractivity contribution is -0.139. The molecule has 0 fully saturated rings. The molecule has 0 radical (unpaired) electrons. The van der Waals surface area contributed by atoms with E-state index in [0.717, 1.165) is 21.3 Å². The molecule has 1 aromatic heterocycles. The van der Waals surface area contributed by atoms with Gasteiger partial charge in [-0.15, -0.1) is 0 Å². The minimum absolute atomic E-state index is 0.0530. The Labute approximate surface area is 229 Å². The summed E-state index contributed by atoms with van der Waals surface area (Å²) in [7, 11) is 0. The average Bonchev–Trinajstić information content (AvgIpc) is 3.14. The van der Waals surface area contributed by atoms with Gasteiger partial charge in [0.15, 0.2) is 4.80 Å². The molecule has 4 rings (SSSR count). The van der Waals surface area contributed by atoms with Crippen molar-refractivity contribution in [3.63, 3.8) is 0 Å². The van der Waals surface area contributed by atoms with E-state index in [-0.39, 0.29) is 18.3 Å². The Bertz CT molecular complexity index is 1530. The minimum atomic E-state index is -0.618. The Morgan fingerprint density at radius 3 is 2.46 bits per heavy atom. The predicted molar refractivity (Wildman–Crippen MR) is 151 cm³/mol. The molecule has 1 aliphatic heterocycles. The van der Waals surface area contributed by atoms with Crippen LogP contribution in [-0.2, 0) is 9.53 Å². The van der Waals surface area contributed by atoms with Gasteiger partial charge in [0.25, 0.3) is 5.56 Å². The van der Waals surface area contributed by atoms with Crippen molar-refractivity contribution in [3.05, 3.63) is 94.6 Å². The van der Waals surface area contributed by atoms with Crippen molar-refractivity contribution in [2.45, 2.75) is 59.6 Å². The van der Waals surface area contributed by atoms with Gasteiger partial charge in [-0.2, -0.15) is 0 Å². The Morgan fingerprint density at radius 2 is 1.86 bits per heavy atom. The molecule has 0 N–H and O–H groups in total. The van der Waals surface area contributed by atoms with Crippen LogP contribution >= 0.6 is 27.3 Å². The minimum Gasteiger partial charge on any atom is -0.490 e. The zero-order chi connectivity index (χ0) is 26.9. The molecule has 1 unspecified atom stereocenters. The summed E-state index contributed by atoms with van der Waals surface area (Å²) in [5, 5.41) is 0. The Hall–Kier alpha value is -2.97. The standard InChI is InChI=1S/C29H31BrN2O4S/c1-7-35-28(34)25-18(6)31-29-32(26(25)21-11-9-20(10-12-21)16(2)3)27(33)24(37-29)15-19-8-13-23(22(30)14-19)36-17(4)5/h8-17,26H,7H2,1-6H3. The fraction of sp³-hybridized carbons (Fsp3) is 0.345. The maximum atomic E-state index is 13.8. The van der Waals surface area contributed by atoms with Crippen molar-refractivity contribution in [1.29, 1.82) is 0 Å². The first kappa shape index (κ1) is 27.1. The first-order chi connectivity index (χ1) is 17.6. The van der Waals surface area contributed by atoms with Gasteiger partial charge in [0.1, 0.15) is 5.75 Å². The van der Waals surface area contributed by atoms with Crippen molar-refractivity contribution in [3.8, 4) is 5.75 Å². The number of benzene rings is 2. The number of aromatic nitrogens is 1. The second-order valence-electron chi connectivity index (χ2n) is 9.48. The fourth-order valence-electron chi connectivity index (χ4n) is 4.28. The molecule has 0 bridgehead atoms. The summed E-state index contributed by atoms with van der Waals surface area (Å²) in [6, 6.07) is 13.2. The van der Waals surface area contributed by atoms with Gasteiger partial charge in [0, 0.05) is 0 Å². The van der Waals surface area contributed by atoms with Gasteiger partial charge in [-0.25, -0.2) is 9.79 Å². The van der Waals surface area contributed by atoms with Crippen LogP contribution in [0, 0.1) is 0 Å². The lowest BCUT2D eigenvalue weighted by Gasteiger charge is -2.25. The van der Waals surface area contributed by atoms with Crippen LogP contribution in [0.15, 0.2) is 68.0 Å². The number of carbonyl (C=O) groups excluding carboxylic acids is 1. The van der Waals surface area contributed by atoms with Crippen LogP contribution < -0.4 is 19.6 Å². The van der Waals surface area contributed by atoms with Crippen molar-refractivity contribution in [1.82, 2.24) is 4.57 Å². The van der Waals surface area contributed by atoms with Gasteiger partial charge in [0.05, 0.1) is 39.0 Å². The molecular formula is C29H31BrN2O4S. The molecule has 37 heavy (non-hydrogen) atoms. The van der Waals surface area contributed by atoms with Gasteiger partial charge in [-0.05, 0) is 84.4 Å². The van der Waals surface area contributed by atoms with Crippen LogP contribution in [0.3, 0.4) is 0 Å². The number of halogens is 1. The van der Waals surface area contributed by atoms with E-state index in [1.165, 1.54) is 16.9 Å². The van der Waals surface area contributed by atoms with Crippen LogP contribution in [0.4, 0.5) is 0 Å². The summed E-state index contributed by atoms with van der Waals surface area (Å²) in [4.78, 5) is 32.0. The van der Waals surface area contributed by atoms with Crippen molar-refractivity contribution < 1.29 is 14.3 Å². The molecular weight excluding hydrogens is 552 g/mol. The quantitative estimate of drug-likeness (QED) is 0.346. The van der Waals surface area contributed by atoms with Gasteiger partial charge < -0.3 is 9.47 Å². The third-order valence-electron chi connectivity index (χ3n) is 6.05. The van der Waals surface area contributed by atoms with Crippen LogP contribution in [0.1, 0.15) is 70.2 Å². The third-order valence-corrected chi connectivity index (χ3v) is 7.65. The van der Waals surface area contributed by atoms with E-state index in [9.17, 15) is 9.59 Å². The molecule has 2 heterocycles. The fourth-order valence-corrected chi connectivity index (χ4v) is 5.81. The Kier molecular flexibility index (Phi) is 8.19. The molecule has 194 valence electrons. The molecule has 2 aromatic carbocycles. The van der Waals surface area contributed by atoms with Crippen LogP contribution in [0.2, 0.25) is 0 Å². The molecule has 0 saturated carbocycles. The number of fused-ring (bicyclic) bond motifs is 1. The molecule has 6 nitrogen and oxygen atoms in total. The van der Waals surface area contributed by atoms with Gasteiger partial charge in [-0.1, -0.05) is 55.5 Å². The van der Waals surface area contributed by atoms with Crippen LogP contribution in [-0.4, -0.2) is 23.2 Å². The number of thiazole rings is 1. The van der Waals surface area contributed by atoms with Crippen molar-refractivity contribution in [2.24, 2.45) is 4.99 Å². The normalized spacial score (nSPS) is 15.7. The number of carbonyl (C=O) groups is 1. The molecule has 1 aliphatic rings. The van der Waals surface area contributed by atoms with Crippen LogP contribution in [0.5, 0.6) is 5.75 Å². The third kappa shape index (κ3) is 5.65. The first-order valence-corrected chi connectivity index (χ1v) is 14.0. The number of rotatable bonds is 7. The largest absolute Gasteiger partial charge is 0.490 e.